The predicted octanol–water partition coefficient (Wildman–Crippen LogP) is 2.49. The molecule has 3 rings (SSSR count). The molecule has 2 aromatic rings. The molecule has 1 heterocycles. The second-order valence-corrected chi connectivity index (χ2v) is 5.41. The predicted molar refractivity (Wildman–Crippen MR) is 85.8 cm³/mol. The summed E-state index contributed by atoms with van der Waals surface area (Å²) in [5.41, 5.74) is 1.03. The van der Waals surface area contributed by atoms with Gasteiger partial charge in [-0.25, -0.2) is 0 Å². The van der Waals surface area contributed by atoms with Crippen LogP contribution in [0, 0.1) is 0 Å². The third kappa shape index (κ3) is 3.39. The van der Waals surface area contributed by atoms with E-state index in [-0.39, 0.29) is 12.5 Å². The maximum Gasteiger partial charge on any atom is 0.267 e. The van der Waals surface area contributed by atoms with Gasteiger partial charge in [0.1, 0.15) is 12.4 Å². The molecule has 5 nitrogen and oxygen atoms in total. The van der Waals surface area contributed by atoms with E-state index in [0.29, 0.717) is 18.0 Å². The van der Waals surface area contributed by atoms with Gasteiger partial charge in [0.2, 0.25) is 6.10 Å². The second-order valence-electron chi connectivity index (χ2n) is 5.41. The van der Waals surface area contributed by atoms with Crippen molar-refractivity contribution in [3.8, 4) is 17.2 Å². The molecule has 1 atom stereocenters. The van der Waals surface area contributed by atoms with E-state index in [1.165, 1.54) is 0 Å². The summed E-state index contributed by atoms with van der Waals surface area (Å²) in [6.45, 7) is 0.729. The smallest absolute Gasteiger partial charge is 0.267 e. The molecule has 1 aliphatic rings. The summed E-state index contributed by atoms with van der Waals surface area (Å²) in [7, 11) is 3.39. The van der Waals surface area contributed by atoms with E-state index in [9.17, 15) is 4.79 Å². The number of nitrogens with zero attached hydrogens (tertiary/aromatic N) is 1. The summed E-state index contributed by atoms with van der Waals surface area (Å²) in [5, 5.41) is 0. The van der Waals surface area contributed by atoms with Crippen LogP contribution in [0.3, 0.4) is 0 Å². The van der Waals surface area contributed by atoms with Crippen molar-refractivity contribution in [1.82, 2.24) is 4.90 Å². The summed E-state index contributed by atoms with van der Waals surface area (Å²) in [6.07, 6.45) is -0.617. The molecule has 23 heavy (non-hydrogen) atoms. The Kier molecular flexibility index (Phi) is 4.37. The van der Waals surface area contributed by atoms with Gasteiger partial charge < -0.3 is 19.1 Å². The fourth-order valence-electron chi connectivity index (χ4n) is 2.47. The van der Waals surface area contributed by atoms with Crippen LogP contribution in [0.15, 0.2) is 48.5 Å². The van der Waals surface area contributed by atoms with Crippen LogP contribution in [-0.4, -0.2) is 37.7 Å². The Morgan fingerprint density at radius 1 is 1.17 bits per heavy atom. The van der Waals surface area contributed by atoms with Crippen LogP contribution in [0.1, 0.15) is 5.56 Å². The summed E-state index contributed by atoms with van der Waals surface area (Å²) < 4.78 is 16.5. The summed E-state index contributed by atoms with van der Waals surface area (Å²) in [5.74, 6) is 1.97. The maximum absolute atomic E-state index is 12.5. The van der Waals surface area contributed by atoms with Crippen LogP contribution in [-0.2, 0) is 11.3 Å². The van der Waals surface area contributed by atoms with Crippen molar-refractivity contribution in [3.63, 3.8) is 0 Å². The molecule has 0 spiro atoms. The van der Waals surface area contributed by atoms with Crippen LogP contribution >= 0.6 is 0 Å². The monoisotopic (exact) mass is 313 g/mol. The first-order valence-corrected chi connectivity index (χ1v) is 7.44. The third-order valence-corrected chi connectivity index (χ3v) is 3.74. The highest BCUT2D eigenvalue weighted by Gasteiger charge is 2.29. The Balaban J connectivity index is 1.63. The molecule has 0 radical (unpaired) electrons. The van der Waals surface area contributed by atoms with Gasteiger partial charge in [-0.3, -0.25) is 4.79 Å². The second kappa shape index (κ2) is 6.60. The van der Waals surface area contributed by atoms with Gasteiger partial charge >= 0.3 is 0 Å². The highest BCUT2D eigenvalue weighted by molar-refractivity contribution is 5.81. The van der Waals surface area contributed by atoms with Crippen molar-refractivity contribution >= 4 is 5.91 Å². The zero-order chi connectivity index (χ0) is 16.2. The Hall–Kier alpha value is -2.69. The molecular weight excluding hydrogens is 294 g/mol. The average molecular weight is 313 g/mol. The van der Waals surface area contributed by atoms with Crippen molar-refractivity contribution in [2.45, 2.75) is 12.6 Å². The topological polar surface area (TPSA) is 48.0 Å². The number of carbonyl (C=O) groups excluding carboxylic acids is 1. The van der Waals surface area contributed by atoms with Gasteiger partial charge in [-0.1, -0.05) is 24.3 Å². The Morgan fingerprint density at radius 3 is 2.57 bits per heavy atom. The van der Waals surface area contributed by atoms with E-state index in [1.54, 1.807) is 25.1 Å². The number of methoxy groups -OCH3 is 1. The summed E-state index contributed by atoms with van der Waals surface area (Å²) >= 11 is 0. The van der Waals surface area contributed by atoms with Gasteiger partial charge in [0.05, 0.1) is 7.11 Å². The molecule has 0 saturated carbocycles. The molecule has 0 aromatic heterocycles. The molecule has 1 amide bonds. The van der Waals surface area contributed by atoms with Gasteiger partial charge in [-0.2, -0.15) is 0 Å². The molecule has 2 aromatic carbocycles. The minimum absolute atomic E-state index is 0.102. The van der Waals surface area contributed by atoms with Crippen LogP contribution in [0.2, 0.25) is 0 Å². The number of ether oxygens (including phenoxy) is 3. The fraction of sp³-hybridized carbons (Fsp3) is 0.278. The van der Waals surface area contributed by atoms with Gasteiger partial charge in [-0.05, 0) is 29.8 Å². The van der Waals surface area contributed by atoms with Gasteiger partial charge in [0.15, 0.2) is 11.5 Å². The minimum atomic E-state index is -0.617. The Labute approximate surface area is 135 Å². The molecule has 0 saturated heterocycles. The summed E-state index contributed by atoms with van der Waals surface area (Å²) in [6, 6.07) is 15.0. The lowest BCUT2D eigenvalue weighted by Crippen LogP contribution is -2.44. The first-order chi connectivity index (χ1) is 11.2. The molecule has 0 fully saturated rings. The van der Waals surface area contributed by atoms with Gasteiger partial charge in [0, 0.05) is 13.6 Å². The highest BCUT2D eigenvalue weighted by Crippen LogP contribution is 2.31. The number of hydrogen-bond acceptors (Lipinski definition) is 4. The zero-order valence-corrected chi connectivity index (χ0v) is 13.2. The van der Waals surface area contributed by atoms with E-state index in [4.69, 9.17) is 14.2 Å². The van der Waals surface area contributed by atoms with Crippen molar-refractivity contribution in [3.05, 3.63) is 54.1 Å². The largest absolute Gasteiger partial charge is 0.497 e. The molecule has 0 bridgehead atoms. The number of hydrogen-bond donors (Lipinski definition) is 0. The lowest BCUT2D eigenvalue weighted by Gasteiger charge is -2.28. The van der Waals surface area contributed by atoms with Crippen LogP contribution in [0.4, 0.5) is 0 Å². The Morgan fingerprint density at radius 2 is 1.87 bits per heavy atom. The number of likely N-dealkylation sites (N-methyl/N-ethyl adjacent to an activating group) is 1. The van der Waals surface area contributed by atoms with Crippen LogP contribution in [0.5, 0.6) is 17.2 Å². The highest BCUT2D eigenvalue weighted by atomic mass is 16.6. The Bertz CT molecular complexity index is 684. The minimum Gasteiger partial charge on any atom is -0.497 e. The first kappa shape index (κ1) is 15.2. The normalized spacial score (nSPS) is 15.8. The van der Waals surface area contributed by atoms with Crippen molar-refractivity contribution < 1.29 is 19.0 Å². The van der Waals surface area contributed by atoms with Gasteiger partial charge in [0.25, 0.3) is 5.91 Å². The van der Waals surface area contributed by atoms with Crippen molar-refractivity contribution in [2.24, 2.45) is 0 Å². The molecule has 1 aliphatic heterocycles. The summed E-state index contributed by atoms with van der Waals surface area (Å²) in [4.78, 5) is 14.2. The average Bonchev–Trinajstić information content (AvgIpc) is 2.61. The van der Waals surface area contributed by atoms with Crippen LogP contribution in [0.25, 0.3) is 0 Å². The number of carbonyl (C=O) groups is 1. The van der Waals surface area contributed by atoms with E-state index in [2.05, 4.69) is 0 Å². The fourth-order valence-corrected chi connectivity index (χ4v) is 2.47. The third-order valence-electron chi connectivity index (χ3n) is 3.74. The van der Waals surface area contributed by atoms with E-state index < -0.39 is 6.10 Å². The SMILES string of the molecule is COc1ccc(CN(C)C(=O)[C@@H]2COc3ccccc3O2)cc1. The molecule has 120 valence electrons. The van der Waals surface area contributed by atoms with E-state index in [0.717, 1.165) is 11.3 Å². The number of rotatable bonds is 4. The van der Waals surface area contributed by atoms with E-state index >= 15 is 0 Å². The zero-order valence-electron chi connectivity index (χ0n) is 13.2. The molecular formula is C18H19NO4. The lowest BCUT2D eigenvalue weighted by atomic mass is 10.2. The van der Waals surface area contributed by atoms with Gasteiger partial charge in [-0.15, -0.1) is 0 Å². The molecule has 5 heteroatoms. The molecule has 0 unspecified atom stereocenters. The maximum atomic E-state index is 12.5. The quantitative estimate of drug-likeness (QED) is 0.870. The lowest BCUT2D eigenvalue weighted by molar-refractivity contribution is -0.140. The standard InChI is InChI=1S/C18H19NO4/c1-19(11-13-7-9-14(21-2)10-8-13)18(20)17-12-22-15-5-3-4-6-16(15)23-17/h3-10,17H,11-12H2,1-2H3/t17-/m0/s1. The number of fused-ring (bicyclic) bond motifs is 1. The van der Waals surface area contributed by atoms with Crippen molar-refractivity contribution in [1.29, 1.82) is 0 Å². The van der Waals surface area contributed by atoms with Crippen LogP contribution < -0.4 is 14.2 Å². The molecule has 0 aliphatic carbocycles. The van der Waals surface area contributed by atoms with Crippen molar-refractivity contribution in [2.75, 3.05) is 20.8 Å². The number of benzene rings is 2. The number of para-hydroxylation sites is 2. The number of amides is 1. The van der Waals surface area contributed by atoms with E-state index in [1.807, 2.05) is 42.5 Å². The molecule has 0 N–H and O–H groups in total. The first-order valence-electron chi connectivity index (χ1n) is 7.44.